The number of halogens is 1. The van der Waals surface area contributed by atoms with E-state index in [1.165, 1.54) is 0 Å². The van der Waals surface area contributed by atoms with Gasteiger partial charge in [-0.05, 0) is 24.1 Å². The zero-order valence-corrected chi connectivity index (χ0v) is 11.6. The van der Waals surface area contributed by atoms with Crippen molar-refractivity contribution >= 4 is 23.4 Å². The predicted molar refractivity (Wildman–Crippen MR) is 73.7 cm³/mol. The third kappa shape index (κ3) is 3.47. The number of rotatable bonds is 3. The molecule has 0 aromatic heterocycles. The van der Waals surface area contributed by atoms with E-state index < -0.39 is 6.04 Å². The van der Waals surface area contributed by atoms with Crippen LogP contribution in [0.15, 0.2) is 24.3 Å². The van der Waals surface area contributed by atoms with Crippen LogP contribution < -0.4 is 5.32 Å². The van der Waals surface area contributed by atoms with Gasteiger partial charge in [-0.3, -0.25) is 9.59 Å². The second kappa shape index (κ2) is 6.06. The molecule has 1 aromatic rings. The zero-order chi connectivity index (χ0) is 13.8. The molecular weight excluding hydrogens is 264 g/mol. The quantitative estimate of drug-likeness (QED) is 0.920. The van der Waals surface area contributed by atoms with E-state index in [2.05, 4.69) is 5.32 Å². The monoisotopic (exact) mass is 280 g/mol. The van der Waals surface area contributed by atoms with Gasteiger partial charge in [-0.2, -0.15) is 0 Å². The number of carbonyl (C=O) groups is 2. The van der Waals surface area contributed by atoms with Crippen molar-refractivity contribution < 1.29 is 9.59 Å². The van der Waals surface area contributed by atoms with E-state index in [9.17, 15) is 9.59 Å². The number of carbonyl (C=O) groups excluding carboxylic acids is 2. The highest BCUT2D eigenvalue weighted by Gasteiger charge is 2.28. The molecular formula is C14H17ClN2O2. The SMILES string of the molecule is CCC1NC(=O)CCN(Cc2ccc(Cl)cc2)C1=O. The van der Waals surface area contributed by atoms with Gasteiger partial charge in [0.2, 0.25) is 11.8 Å². The minimum absolute atomic E-state index is 0.0108. The smallest absolute Gasteiger partial charge is 0.245 e. The summed E-state index contributed by atoms with van der Waals surface area (Å²) >= 11 is 5.84. The number of benzene rings is 1. The van der Waals surface area contributed by atoms with Crippen molar-refractivity contribution in [2.24, 2.45) is 0 Å². The summed E-state index contributed by atoms with van der Waals surface area (Å²) in [5, 5.41) is 3.43. The lowest BCUT2D eigenvalue weighted by Crippen LogP contribution is -2.43. The maximum Gasteiger partial charge on any atom is 0.245 e. The first-order valence-corrected chi connectivity index (χ1v) is 6.80. The third-order valence-electron chi connectivity index (χ3n) is 3.25. The highest BCUT2D eigenvalue weighted by Crippen LogP contribution is 2.14. The molecule has 0 bridgehead atoms. The van der Waals surface area contributed by atoms with E-state index in [0.717, 1.165) is 5.56 Å². The van der Waals surface area contributed by atoms with Crippen LogP contribution in [0.1, 0.15) is 25.3 Å². The summed E-state index contributed by atoms with van der Waals surface area (Å²) in [6.45, 7) is 2.87. The van der Waals surface area contributed by atoms with Crippen LogP contribution in [-0.2, 0) is 16.1 Å². The molecule has 1 atom stereocenters. The molecule has 4 nitrogen and oxygen atoms in total. The minimum Gasteiger partial charge on any atom is -0.344 e. The first kappa shape index (κ1) is 13.9. The average molecular weight is 281 g/mol. The number of nitrogens with one attached hydrogen (secondary N) is 1. The van der Waals surface area contributed by atoms with E-state index in [-0.39, 0.29) is 11.8 Å². The van der Waals surface area contributed by atoms with Gasteiger partial charge in [0.15, 0.2) is 0 Å². The van der Waals surface area contributed by atoms with Crippen LogP contribution in [0.3, 0.4) is 0 Å². The topological polar surface area (TPSA) is 49.4 Å². The maximum atomic E-state index is 12.3. The molecule has 102 valence electrons. The lowest BCUT2D eigenvalue weighted by molar-refractivity contribution is -0.134. The maximum absolute atomic E-state index is 12.3. The normalized spacial score (nSPS) is 20.1. The number of amides is 2. The summed E-state index contributed by atoms with van der Waals surface area (Å²) in [5.41, 5.74) is 1.02. The Bertz CT molecular complexity index is 473. The Kier molecular flexibility index (Phi) is 4.43. The molecule has 0 radical (unpaired) electrons. The van der Waals surface area contributed by atoms with Gasteiger partial charge >= 0.3 is 0 Å². The molecule has 1 saturated heterocycles. The molecule has 0 aliphatic carbocycles. The van der Waals surface area contributed by atoms with Crippen LogP contribution in [-0.4, -0.2) is 29.3 Å². The molecule has 5 heteroatoms. The number of hydrogen-bond donors (Lipinski definition) is 1. The molecule has 1 fully saturated rings. The molecule has 1 N–H and O–H groups in total. The van der Waals surface area contributed by atoms with Crippen LogP contribution >= 0.6 is 11.6 Å². The van der Waals surface area contributed by atoms with Gasteiger partial charge in [0.25, 0.3) is 0 Å². The lowest BCUT2D eigenvalue weighted by Gasteiger charge is -2.23. The molecule has 1 aliphatic rings. The van der Waals surface area contributed by atoms with Crippen molar-refractivity contribution in [2.75, 3.05) is 6.54 Å². The van der Waals surface area contributed by atoms with Gasteiger partial charge in [-0.15, -0.1) is 0 Å². The van der Waals surface area contributed by atoms with Crippen molar-refractivity contribution in [3.05, 3.63) is 34.9 Å². The van der Waals surface area contributed by atoms with Gasteiger partial charge in [-0.25, -0.2) is 0 Å². The Morgan fingerprint density at radius 1 is 1.32 bits per heavy atom. The first-order valence-electron chi connectivity index (χ1n) is 6.42. The highest BCUT2D eigenvalue weighted by molar-refractivity contribution is 6.30. The minimum atomic E-state index is -0.401. The lowest BCUT2D eigenvalue weighted by atomic mass is 10.1. The van der Waals surface area contributed by atoms with Crippen molar-refractivity contribution in [1.29, 1.82) is 0 Å². The van der Waals surface area contributed by atoms with Crippen LogP contribution in [0.25, 0.3) is 0 Å². The van der Waals surface area contributed by atoms with Crippen molar-refractivity contribution in [3.63, 3.8) is 0 Å². The van der Waals surface area contributed by atoms with Crippen molar-refractivity contribution in [3.8, 4) is 0 Å². The fraction of sp³-hybridized carbons (Fsp3) is 0.429. The van der Waals surface area contributed by atoms with Gasteiger partial charge in [0, 0.05) is 24.5 Å². The molecule has 1 heterocycles. The van der Waals surface area contributed by atoms with Gasteiger partial charge in [0.1, 0.15) is 6.04 Å². The fourth-order valence-corrected chi connectivity index (χ4v) is 2.27. The molecule has 1 aromatic carbocycles. The van der Waals surface area contributed by atoms with E-state index in [0.29, 0.717) is 31.0 Å². The molecule has 0 spiro atoms. The van der Waals surface area contributed by atoms with Crippen LogP contribution in [0.4, 0.5) is 0 Å². The van der Waals surface area contributed by atoms with E-state index in [4.69, 9.17) is 11.6 Å². The predicted octanol–water partition coefficient (Wildman–Crippen LogP) is 1.97. The summed E-state index contributed by atoms with van der Waals surface area (Å²) in [7, 11) is 0. The van der Waals surface area contributed by atoms with Crippen molar-refractivity contribution in [2.45, 2.75) is 32.4 Å². The fourth-order valence-electron chi connectivity index (χ4n) is 2.14. The van der Waals surface area contributed by atoms with Crippen LogP contribution in [0.5, 0.6) is 0 Å². The molecule has 1 aliphatic heterocycles. The molecule has 2 rings (SSSR count). The largest absolute Gasteiger partial charge is 0.344 e. The summed E-state index contributed by atoms with van der Waals surface area (Å²) in [6.07, 6.45) is 0.970. The molecule has 0 saturated carbocycles. The van der Waals surface area contributed by atoms with Crippen molar-refractivity contribution in [1.82, 2.24) is 10.2 Å². The van der Waals surface area contributed by atoms with Crippen LogP contribution in [0, 0.1) is 0 Å². The van der Waals surface area contributed by atoms with Gasteiger partial charge in [-0.1, -0.05) is 30.7 Å². The summed E-state index contributed by atoms with van der Waals surface area (Å²) in [5.74, 6) is -0.0675. The highest BCUT2D eigenvalue weighted by atomic mass is 35.5. The number of hydrogen-bond acceptors (Lipinski definition) is 2. The Morgan fingerprint density at radius 2 is 2.00 bits per heavy atom. The van der Waals surface area contributed by atoms with Gasteiger partial charge < -0.3 is 10.2 Å². The third-order valence-corrected chi connectivity index (χ3v) is 3.50. The Hall–Kier alpha value is -1.55. The second-order valence-corrected chi connectivity index (χ2v) is 5.10. The molecule has 1 unspecified atom stereocenters. The molecule has 19 heavy (non-hydrogen) atoms. The van der Waals surface area contributed by atoms with E-state index >= 15 is 0 Å². The Morgan fingerprint density at radius 3 is 2.63 bits per heavy atom. The molecule has 2 amide bonds. The number of nitrogens with zero attached hydrogens (tertiary/aromatic N) is 1. The van der Waals surface area contributed by atoms with Gasteiger partial charge in [0.05, 0.1) is 0 Å². The van der Waals surface area contributed by atoms with Crippen LogP contribution in [0.2, 0.25) is 5.02 Å². The van der Waals surface area contributed by atoms with E-state index in [1.54, 1.807) is 17.0 Å². The first-order chi connectivity index (χ1) is 9.10. The average Bonchev–Trinajstić information content (AvgIpc) is 2.54. The summed E-state index contributed by atoms with van der Waals surface area (Å²) in [4.78, 5) is 25.5. The second-order valence-electron chi connectivity index (χ2n) is 4.66. The Balaban J connectivity index is 2.11. The Labute approximate surface area is 117 Å². The standard InChI is InChI=1S/C14H17ClN2O2/c1-2-12-14(19)17(8-7-13(18)16-12)9-10-3-5-11(15)6-4-10/h3-6,12H,2,7-9H2,1H3,(H,16,18). The summed E-state index contributed by atoms with van der Waals surface area (Å²) in [6, 6.07) is 7.01. The zero-order valence-electron chi connectivity index (χ0n) is 10.9. The van der Waals surface area contributed by atoms with E-state index in [1.807, 2.05) is 19.1 Å². The summed E-state index contributed by atoms with van der Waals surface area (Å²) < 4.78 is 0.